The zero-order valence-corrected chi connectivity index (χ0v) is 13.0. The number of carbonyl (C=O) groups is 1. The maximum atomic E-state index is 10.4. The Bertz CT molecular complexity index is 245. The van der Waals surface area contributed by atoms with Gasteiger partial charge in [0, 0.05) is 6.61 Å². The lowest BCUT2D eigenvalue weighted by atomic mass is 10.0. The van der Waals surface area contributed by atoms with Gasteiger partial charge in [-0.3, -0.25) is 0 Å². The number of carboxylic acid groups (broad SMARTS) is 1. The van der Waals surface area contributed by atoms with Crippen molar-refractivity contribution in [1.29, 1.82) is 0 Å². The number of hydrogen-bond donors (Lipinski definition) is 4. The average Bonchev–Trinajstić information content (AvgIpc) is 2.47. The van der Waals surface area contributed by atoms with Crippen LogP contribution in [0.4, 0.5) is 0 Å². The van der Waals surface area contributed by atoms with Crippen molar-refractivity contribution in [2.45, 2.75) is 89.3 Å². The monoisotopic (exact) mass is 304 g/mol. The molecule has 5 nitrogen and oxygen atoms in total. The summed E-state index contributed by atoms with van der Waals surface area (Å²) in [5.41, 5.74) is 0. The molecule has 0 aliphatic rings. The van der Waals surface area contributed by atoms with E-state index in [-0.39, 0.29) is 0 Å². The topological polar surface area (TPSA) is 98.0 Å². The lowest BCUT2D eigenvalue weighted by Gasteiger charge is -2.13. The number of aliphatic carboxylic acids is 1. The molecule has 0 saturated carbocycles. The molecular weight excluding hydrogens is 272 g/mol. The number of hydrogen-bond acceptors (Lipinski definition) is 4. The van der Waals surface area contributed by atoms with Crippen molar-refractivity contribution in [3.63, 3.8) is 0 Å². The highest BCUT2D eigenvalue weighted by atomic mass is 16.4. The van der Waals surface area contributed by atoms with Crippen LogP contribution in [0.5, 0.6) is 0 Å². The molecule has 0 amide bonds. The Labute approximate surface area is 128 Å². The third-order valence-corrected chi connectivity index (χ3v) is 3.78. The number of aliphatic hydroxyl groups excluding tert-OH is 3. The number of carboxylic acids is 1. The van der Waals surface area contributed by atoms with E-state index in [0.29, 0.717) is 13.0 Å². The van der Waals surface area contributed by atoms with Gasteiger partial charge in [0.15, 0.2) is 6.10 Å². The quantitative estimate of drug-likeness (QED) is 0.348. The van der Waals surface area contributed by atoms with Crippen molar-refractivity contribution in [2.24, 2.45) is 0 Å². The van der Waals surface area contributed by atoms with Gasteiger partial charge in [-0.2, -0.15) is 0 Å². The Morgan fingerprint density at radius 2 is 1.10 bits per heavy atom. The van der Waals surface area contributed by atoms with Crippen LogP contribution >= 0.6 is 0 Å². The van der Waals surface area contributed by atoms with Gasteiger partial charge in [-0.1, -0.05) is 64.2 Å². The van der Waals surface area contributed by atoms with E-state index in [1.807, 2.05) is 0 Å². The second-order valence-electron chi connectivity index (χ2n) is 5.75. The smallest absolute Gasteiger partial charge is 0.335 e. The molecule has 0 aromatic heterocycles. The number of aliphatic hydroxyl groups is 3. The summed E-state index contributed by atoms with van der Waals surface area (Å²) in [6, 6.07) is 0. The fraction of sp³-hybridized carbons (Fsp3) is 0.938. The zero-order chi connectivity index (χ0) is 15.9. The molecule has 0 aromatic carbocycles. The van der Waals surface area contributed by atoms with Crippen LogP contribution in [0.1, 0.15) is 77.0 Å². The Morgan fingerprint density at radius 3 is 1.48 bits per heavy atom. The van der Waals surface area contributed by atoms with Crippen LogP contribution in [0.2, 0.25) is 0 Å². The third-order valence-electron chi connectivity index (χ3n) is 3.78. The van der Waals surface area contributed by atoms with Crippen LogP contribution in [0.15, 0.2) is 0 Å². The minimum absolute atomic E-state index is 0.304. The van der Waals surface area contributed by atoms with Crippen LogP contribution in [-0.2, 0) is 4.79 Å². The van der Waals surface area contributed by atoms with Crippen LogP contribution in [0, 0.1) is 0 Å². The summed E-state index contributed by atoms with van der Waals surface area (Å²) >= 11 is 0. The Hall–Kier alpha value is -0.650. The van der Waals surface area contributed by atoms with E-state index in [4.69, 9.17) is 15.3 Å². The van der Waals surface area contributed by atoms with E-state index in [1.165, 1.54) is 38.5 Å². The molecule has 21 heavy (non-hydrogen) atoms. The predicted octanol–water partition coefficient (Wildman–Crippen LogP) is 2.47. The van der Waals surface area contributed by atoms with E-state index in [2.05, 4.69) is 0 Å². The maximum absolute atomic E-state index is 10.4. The van der Waals surface area contributed by atoms with E-state index in [0.717, 1.165) is 32.1 Å². The van der Waals surface area contributed by atoms with Crippen molar-refractivity contribution in [2.75, 3.05) is 6.61 Å². The molecule has 0 bridgehead atoms. The molecule has 0 heterocycles. The fourth-order valence-electron chi connectivity index (χ4n) is 2.38. The zero-order valence-electron chi connectivity index (χ0n) is 13.0. The summed E-state index contributed by atoms with van der Waals surface area (Å²) < 4.78 is 0. The van der Waals surface area contributed by atoms with Crippen LogP contribution in [-0.4, -0.2) is 45.2 Å². The summed E-state index contributed by atoms with van der Waals surface area (Å²) in [7, 11) is 0. The van der Waals surface area contributed by atoms with Gasteiger partial charge in [-0.05, 0) is 12.8 Å². The molecule has 0 aliphatic heterocycles. The van der Waals surface area contributed by atoms with E-state index >= 15 is 0 Å². The van der Waals surface area contributed by atoms with Crippen LogP contribution in [0.3, 0.4) is 0 Å². The molecule has 0 rings (SSSR count). The van der Waals surface area contributed by atoms with E-state index in [9.17, 15) is 9.90 Å². The first-order valence-corrected chi connectivity index (χ1v) is 8.29. The SMILES string of the molecule is O=C(O)C(O)C(O)CCCCCCCCCCCCCO. The highest BCUT2D eigenvalue weighted by Gasteiger charge is 2.22. The van der Waals surface area contributed by atoms with Crippen molar-refractivity contribution in [1.82, 2.24) is 0 Å². The van der Waals surface area contributed by atoms with Gasteiger partial charge in [-0.15, -0.1) is 0 Å². The third kappa shape index (κ3) is 12.8. The first-order valence-electron chi connectivity index (χ1n) is 8.29. The summed E-state index contributed by atoms with van der Waals surface area (Å²) in [4.78, 5) is 10.4. The molecule has 0 saturated heterocycles. The Kier molecular flexibility index (Phi) is 13.9. The first-order chi connectivity index (χ1) is 10.1. The number of unbranched alkanes of at least 4 members (excludes halogenated alkanes) is 10. The molecule has 126 valence electrons. The predicted molar refractivity (Wildman–Crippen MR) is 82.1 cm³/mol. The van der Waals surface area contributed by atoms with Gasteiger partial charge in [-0.25, -0.2) is 4.79 Å². The van der Waals surface area contributed by atoms with E-state index in [1.54, 1.807) is 0 Å². The standard InChI is InChI=1S/C16H32O5/c17-13-11-9-7-5-3-1-2-4-6-8-10-12-14(18)15(19)16(20)21/h14-15,17-19H,1-13H2,(H,20,21). The minimum atomic E-state index is -1.66. The summed E-state index contributed by atoms with van der Waals surface area (Å²) in [6.07, 6.45) is 9.78. The van der Waals surface area contributed by atoms with Gasteiger partial charge < -0.3 is 20.4 Å². The van der Waals surface area contributed by atoms with Gasteiger partial charge in [0.05, 0.1) is 6.10 Å². The van der Waals surface area contributed by atoms with Gasteiger partial charge in [0.2, 0.25) is 0 Å². The maximum Gasteiger partial charge on any atom is 0.335 e. The summed E-state index contributed by atoms with van der Waals surface area (Å²) in [5, 5.41) is 35.7. The molecular formula is C16H32O5. The molecule has 0 radical (unpaired) electrons. The van der Waals surface area contributed by atoms with Crippen molar-refractivity contribution < 1.29 is 25.2 Å². The minimum Gasteiger partial charge on any atom is -0.479 e. The molecule has 2 atom stereocenters. The molecule has 0 aliphatic carbocycles. The molecule has 0 fully saturated rings. The largest absolute Gasteiger partial charge is 0.479 e. The van der Waals surface area contributed by atoms with Crippen LogP contribution < -0.4 is 0 Å². The molecule has 2 unspecified atom stereocenters. The van der Waals surface area contributed by atoms with Gasteiger partial charge in [0.1, 0.15) is 0 Å². The normalized spacial score (nSPS) is 14.0. The van der Waals surface area contributed by atoms with Crippen molar-refractivity contribution in [3.8, 4) is 0 Å². The average molecular weight is 304 g/mol. The summed E-state index contributed by atoms with van der Waals surface area (Å²) in [6.45, 7) is 0.304. The highest BCUT2D eigenvalue weighted by Crippen LogP contribution is 2.13. The van der Waals surface area contributed by atoms with E-state index < -0.39 is 18.2 Å². The first kappa shape index (κ1) is 20.3. The second kappa shape index (κ2) is 14.3. The number of rotatable bonds is 15. The van der Waals surface area contributed by atoms with Gasteiger partial charge >= 0.3 is 5.97 Å². The molecule has 4 N–H and O–H groups in total. The van der Waals surface area contributed by atoms with Gasteiger partial charge in [0.25, 0.3) is 0 Å². The van der Waals surface area contributed by atoms with Crippen molar-refractivity contribution >= 4 is 5.97 Å². The van der Waals surface area contributed by atoms with Crippen LogP contribution in [0.25, 0.3) is 0 Å². The lowest BCUT2D eigenvalue weighted by molar-refractivity contribution is -0.153. The Morgan fingerprint density at radius 1 is 0.714 bits per heavy atom. The summed E-state index contributed by atoms with van der Waals surface area (Å²) in [5.74, 6) is -1.36. The lowest BCUT2D eigenvalue weighted by Crippen LogP contribution is -2.33. The second-order valence-corrected chi connectivity index (χ2v) is 5.75. The van der Waals surface area contributed by atoms with Crippen molar-refractivity contribution in [3.05, 3.63) is 0 Å². The fourth-order valence-corrected chi connectivity index (χ4v) is 2.38. The molecule has 0 aromatic rings. The molecule has 0 spiro atoms. The molecule has 5 heteroatoms. The Balaban J connectivity index is 3.20. The highest BCUT2D eigenvalue weighted by molar-refractivity contribution is 5.72.